The van der Waals surface area contributed by atoms with Gasteiger partial charge in [-0.2, -0.15) is 0 Å². The number of rotatable bonds is 5. The second-order valence-corrected chi connectivity index (χ2v) is 9.78. The number of carbonyl (C=O) groups excluding carboxylic acids is 1. The maximum atomic E-state index is 11.5. The summed E-state index contributed by atoms with van der Waals surface area (Å²) in [4.78, 5) is 21.5. The van der Waals surface area contributed by atoms with Crippen molar-refractivity contribution < 1.29 is 4.79 Å². The molecule has 1 N–H and O–H groups in total. The lowest BCUT2D eigenvalue weighted by Gasteiger charge is -2.38. The van der Waals surface area contributed by atoms with E-state index >= 15 is 0 Å². The van der Waals surface area contributed by atoms with Gasteiger partial charge in [-0.05, 0) is 85.8 Å². The van der Waals surface area contributed by atoms with Crippen LogP contribution in [0.3, 0.4) is 0 Å². The zero-order valence-electron chi connectivity index (χ0n) is 18.0. The summed E-state index contributed by atoms with van der Waals surface area (Å²) in [5.74, 6) is 1.21. The van der Waals surface area contributed by atoms with Crippen molar-refractivity contribution in [2.45, 2.75) is 31.8 Å². The van der Waals surface area contributed by atoms with Gasteiger partial charge in [-0.1, -0.05) is 0 Å². The van der Waals surface area contributed by atoms with Crippen LogP contribution in [-0.4, -0.2) is 54.6 Å². The molecule has 1 aromatic carbocycles. The second kappa shape index (κ2) is 8.43. The van der Waals surface area contributed by atoms with Crippen LogP contribution in [0.5, 0.6) is 0 Å². The van der Waals surface area contributed by atoms with Crippen molar-refractivity contribution in [2.75, 3.05) is 43.0 Å². The fraction of sp³-hybridized carbons (Fsp3) is 0.417. The van der Waals surface area contributed by atoms with Crippen LogP contribution in [0.4, 0.5) is 11.5 Å². The Bertz CT molecular complexity index is 1100. The predicted molar refractivity (Wildman–Crippen MR) is 134 cm³/mol. The molecule has 0 spiro atoms. The highest BCUT2D eigenvalue weighted by molar-refractivity contribution is 14.1. The van der Waals surface area contributed by atoms with E-state index in [-0.39, 0.29) is 5.78 Å². The first-order valence-corrected chi connectivity index (χ1v) is 12.1. The Hall–Kier alpha value is -2.13. The van der Waals surface area contributed by atoms with Crippen LogP contribution in [0.15, 0.2) is 42.6 Å². The average Bonchev–Trinajstić information content (AvgIpc) is 3.15. The monoisotopic (exact) mass is 529 g/mol. The number of anilines is 2. The van der Waals surface area contributed by atoms with E-state index in [1.807, 2.05) is 19.2 Å². The third-order valence-electron chi connectivity index (χ3n) is 6.76. The Morgan fingerprint density at radius 3 is 2.39 bits per heavy atom. The number of carbonyl (C=O) groups is 1. The first kappa shape index (κ1) is 20.8. The molecule has 1 aliphatic carbocycles. The van der Waals surface area contributed by atoms with Gasteiger partial charge in [-0.3, -0.25) is 4.79 Å². The molecule has 0 bridgehead atoms. The van der Waals surface area contributed by atoms with E-state index in [0.29, 0.717) is 12.1 Å². The number of piperazine rings is 1. The van der Waals surface area contributed by atoms with E-state index in [9.17, 15) is 4.79 Å². The van der Waals surface area contributed by atoms with Crippen LogP contribution in [-0.2, 0) is 0 Å². The molecule has 1 saturated carbocycles. The Balaban J connectivity index is 1.32. The molecule has 2 aromatic heterocycles. The summed E-state index contributed by atoms with van der Waals surface area (Å²) < 4.78 is 3.58. The van der Waals surface area contributed by atoms with Crippen LogP contribution in [0.1, 0.15) is 36.2 Å². The zero-order valence-corrected chi connectivity index (χ0v) is 20.2. The topological polar surface area (TPSA) is 53.4 Å². The van der Waals surface area contributed by atoms with Gasteiger partial charge < -0.3 is 19.7 Å². The Morgan fingerprint density at radius 2 is 1.74 bits per heavy atom. The number of ketones is 1. The molecule has 0 amide bonds. The fourth-order valence-electron chi connectivity index (χ4n) is 4.70. The van der Waals surface area contributed by atoms with Gasteiger partial charge in [-0.15, -0.1) is 0 Å². The van der Waals surface area contributed by atoms with Gasteiger partial charge in [-0.25, -0.2) is 4.98 Å². The zero-order chi connectivity index (χ0) is 21.5. The largest absolute Gasteiger partial charge is 0.368 e. The number of fused-ring (bicyclic) bond motifs is 1. The SMILES string of the molecule is CNC1CC(n2ccc3cc(I)c(N4CCN(c5ccc(C(C)=O)cc5)CC4)nc32)C1. The number of Topliss-reactive ketones (excluding diaryl/α,β-unsaturated/α-hetero) is 1. The molecule has 7 heteroatoms. The molecule has 2 aliphatic rings. The summed E-state index contributed by atoms with van der Waals surface area (Å²) in [6.07, 6.45) is 4.55. The summed E-state index contributed by atoms with van der Waals surface area (Å²) >= 11 is 2.43. The summed E-state index contributed by atoms with van der Waals surface area (Å²) in [5, 5.41) is 4.60. The normalized spacial score (nSPS) is 21.4. The van der Waals surface area contributed by atoms with Crippen molar-refractivity contribution in [3.8, 4) is 0 Å². The molecule has 6 nitrogen and oxygen atoms in total. The molecule has 1 aliphatic heterocycles. The Labute approximate surface area is 196 Å². The lowest BCUT2D eigenvalue weighted by molar-refractivity contribution is 0.101. The van der Waals surface area contributed by atoms with Crippen molar-refractivity contribution in [3.05, 3.63) is 51.7 Å². The highest BCUT2D eigenvalue weighted by atomic mass is 127. The molecule has 5 rings (SSSR count). The minimum absolute atomic E-state index is 0.112. The number of nitrogens with zero attached hydrogens (tertiary/aromatic N) is 4. The Morgan fingerprint density at radius 1 is 1.06 bits per heavy atom. The maximum absolute atomic E-state index is 11.5. The predicted octanol–water partition coefficient (Wildman–Crippen LogP) is 4.09. The van der Waals surface area contributed by atoms with Crippen molar-refractivity contribution in [2.24, 2.45) is 0 Å². The summed E-state index contributed by atoms with van der Waals surface area (Å²) in [6.45, 7) is 5.38. The first-order valence-electron chi connectivity index (χ1n) is 11.0. The van der Waals surface area contributed by atoms with Crippen molar-refractivity contribution >= 4 is 50.9 Å². The highest BCUT2D eigenvalue weighted by Crippen LogP contribution is 2.36. The van der Waals surface area contributed by atoms with Crippen LogP contribution in [0.2, 0.25) is 0 Å². The molecule has 3 heterocycles. The van der Waals surface area contributed by atoms with E-state index in [0.717, 1.165) is 43.2 Å². The number of aromatic nitrogens is 2. The number of hydrogen-bond acceptors (Lipinski definition) is 5. The number of benzene rings is 1. The van der Waals surface area contributed by atoms with E-state index in [4.69, 9.17) is 4.98 Å². The third-order valence-corrected chi connectivity index (χ3v) is 7.55. The molecule has 1 saturated heterocycles. The molecule has 162 valence electrons. The van der Waals surface area contributed by atoms with Gasteiger partial charge in [0, 0.05) is 61.1 Å². The van der Waals surface area contributed by atoms with Gasteiger partial charge in [0.2, 0.25) is 0 Å². The average molecular weight is 529 g/mol. The lowest BCUT2D eigenvalue weighted by atomic mass is 9.87. The van der Waals surface area contributed by atoms with E-state index in [2.05, 4.69) is 72.7 Å². The number of nitrogens with one attached hydrogen (secondary N) is 1. The molecule has 2 fully saturated rings. The first-order chi connectivity index (χ1) is 15.0. The van der Waals surface area contributed by atoms with E-state index < -0.39 is 0 Å². The van der Waals surface area contributed by atoms with Crippen molar-refractivity contribution in [1.82, 2.24) is 14.9 Å². The highest BCUT2D eigenvalue weighted by Gasteiger charge is 2.30. The van der Waals surface area contributed by atoms with E-state index in [1.54, 1.807) is 6.92 Å². The molecule has 0 unspecified atom stereocenters. The Kier molecular flexibility index (Phi) is 5.64. The van der Waals surface area contributed by atoms with Gasteiger partial charge in [0.1, 0.15) is 11.5 Å². The van der Waals surface area contributed by atoms with Gasteiger partial charge in [0.05, 0.1) is 3.57 Å². The number of pyridine rings is 1. The van der Waals surface area contributed by atoms with Crippen LogP contribution in [0.25, 0.3) is 11.0 Å². The molecule has 0 radical (unpaired) electrons. The summed E-state index contributed by atoms with van der Waals surface area (Å²) in [7, 11) is 2.05. The maximum Gasteiger partial charge on any atom is 0.159 e. The third kappa shape index (κ3) is 3.93. The quantitative estimate of drug-likeness (QED) is 0.399. The molecule has 0 atom stereocenters. The second-order valence-electron chi connectivity index (χ2n) is 8.62. The minimum atomic E-state index is 0.112. The molecule has 3 aromatic rings. The van der Waals surface area contributed by atoms with Gasteiger partial charge >= 0.3 is 0 Å². The summed E-state index contributed by atoms with van der Waals surface area (Å²) in [6, 6.07) is 13.6. The number of hydrogen-bond donors (Lipinski definition) is 1. The van der Waals surface area contributed by atoms with Gasteiger partial charge in [0.25, 0.3) is 0 Å². The molecular weight excluding hydrogens is 501 g/mol. The summed E-state index contributed by atoms with van der Waals surface area (Å²) in [5.41, 5.74) is 3.06. The molecular formula is C24H28IN5O. The van der Waals surface area contributed by atoms with Crippen molar-refractivity contribution in [1.29, 1.82) is 0 Å². The van der Waals surface area contributed by atoms with Crippen molar-refractivity contribution in [3.63, 3.8) is 0 Å². The standard InChI is InChI=1S/C24H28IN5O/c1-16(31)17-3-5-20(6-4-17)28-9-11-29(12-10-28)24-22(25)13-18-7-8-30(23(18)27-24)21-14-19(15-21)26-2/h3-8,13,19,21,26H,9-12,14-15H2,1-2H3. The van der Waals surface area contributed by atoms with Crippen LogP contribution < -0.4 is 15.1 Å². The van der Waals surface area contributed by atoms with E-state index in [1.165, 1.54) is 27.5 Å². The lowest BCUT2D eigenvalue weighted by Crippen LogP contribution is -2.47. The van der Waals surface area contributed by atoms with Crippen LogP contribution >= 0.6 is 22.6 Å². The molecule has 31 heavy (non-hydrogen) atoms. The number of halogens is 1. The minimum Gasteiger partial charge on any atom is -0.368 e. The smallest absolute Gasteiger partial charge is 0.159 e. The van der Waals surface area contributed by atoms with Gasteiger partial charge in [0.15, 0.2) is 5.78 Å². The van der Waals surface area contributed by atoms with Crippen LogP contribution in [0, 0.1) is 3.57 Å². The fourth-order valence-corrected chi connectivity index (χ4v) is 5.49.